The lowest BCUT2D eigenvalue weighted by Crippen LogP contribution is -2.46. The Morgan fingerprint density at radius 2 is 2.39 bits per heavy atom. The van der Waals surface area contributed by atoms with Gasteiger partial charge in [-0.3, -0.25) is 4.79 Å². The fourth-order valence-corrected chi connectivity index (χ4v) is 2.05. The van der Waals surface area contributed by atoms with Crippen LogP contribution in [0.4, 0.5) is 4.79 Å². The molecule has 1 saturated heterocycles. The third kappa shape index (κ3) is 3.03. The van der Waals surface area contributed by atoms with E-state index in [1.807, 2.05) is 0 Å². The molecule has 98 valence electrons. The van der Waals surface area contributed by atoms with Crippen LogP contribution >= 0.6 is 0 Å². The number of amides is 2. The molecule has 0 bridgehead atoms. The third-order valence-corrected chi connectivity index (χ3v) is 3.05. The molecule has 1 aliphatic heterocycles. The Labute approximate surface area is 105 Å². The van der Waals surface area contributed by atoms with Crippen LogP contribution in [-0.2, 0) is 11.3 Å². The highest BCUT2D eigenvalue weighted by atomic mass is 16.4. The van der Waals surface area contributed by atoms with Crippen molar-refractivity contribution in [3.63, 3.8) is 0 Å². The van der Waals surface area contributed by atoms with E-state index in [0.29, 0.717) is 25.3 Å². The Hall–Kier alpha value is -1.98. The predicted octanol–water partition coefficient (Wildman–Crippen LogP) is 1.29. The molecule has 1 atom stereocenters. The maximum Gasteiger partial charge on any atom is 0.317 e. The van der Waals surface area contributed by atoms with E-state index < -0.39 is 11.9 Å². The number of hydrogen-bond acceptors (Lipinski definition) is 3. The fourth-order valence-electron chi connectivity index (χ4n) is 2.05. The summed E-state index contributed by atoms with van der Waals surface area (Å²) in [6.45, 7) is 1.20. The second-order valence-electron chi connectivity index (χ2n) is 4.36. The van der Waals surface area contributed by atoms with Crippen molar-refractivity contribution in [2.75, 3.05) is 13.1 Å². The number of hydrogen-bond donors (Lipinski definition) is 2. The van der Waals surface area contributed by atoms with Crippen LogP contribution in [0.3, 0.4) is 0 Å². The number of piperidine rings is 1. The van der Waals surface area contributed by atoms with Gasteiger partial charge in [0.15, 0.2) is 0 Å². The van der Waals surface area contributed by atoms with Crippen LogP contribution < -0.4 is 5.32 Å². The van der Waals surface area contributed by atoms with Gasteiger partial charge in [-0.25, -0.2) is 4.79 Å². The molecule has 1 aromatic heterocycles. The summed E-state index contributed by atoms with van der Waals surface area (Å²) >= 11 is 0. The molecule has 1 aliphatic rings. The Kier molecular flexibility index (Phi) is 3.86. The average Bonchev–Trinajstić information content (AvgIpc) is 2.89. The van der Waals surface area contributed by atoms with Gasteiger partial charge in [0.25, 0.3) is 0 Å². The van der Waals surface area contributed by atoms with E-state index in [-0.39, 0.29) is 12.6 Å². The number of nitrogens with zero attached hydrogens (tertiary/aromatic N) is 1. The molecule has 1 fully saturated rings. The van der Waals surface area contributed by atoms with E-state index in [1.54, 1.807) is 23.3 Å². The molecule has 2 N–H and O–H groups in total. The second kappa shape index (κ2) is 5.57. The lowest BCUT2D eigenvalue weighted by atomic mass is 9.99. The second-order valence-corrected chi connectivity index (χ2v) is 4.36. The predicted molar refractivity (Wildman–Crippen MR) is 62.9 cm³/mol. The number of furan rings is 1. The normalized spacial score (nSPS) is 19.6. The van der Waals surface area contributed by atoms with Crippen LogP contribution in [0.25, 0.3) is 0 Å². The van der Waals surface area contributed by atoms with Crippen molar-refractivity contribution in [1.82, 2.24) is 10.2 Å². The van der Waals surface area contributed by atoms with Gasteiger partial charge in [-0.05, 0) is 25.0 Å². The van der Waals surface area contributed by atoms with Crippen LogP contribution in [0.1, 0.15) is 18.6 Å². The Morgan fingerprint density at radius 1 is 1.56 bits per heavy atom. The molecular weight excluding hydrogens is 236 g/mol. The summed E-state index contributed by atoms with van der Waals surface area (Å²) < 4.78 is 5.10. The highest BCUT2D eigenvalue weighted by Crippen LogP contribution is 2.16. The van der Waals surface area contributed by atoms with Crippen LogP contribution in [-0.4, -0.2) is 35.1 Å². The lowest BCUT2D eigenvalue weighted by molar-refractivity contribution is -0.143. The number of carbonyl (C=O) groups excluding carboxylic acids is 1. The van der Waals surface area contributed by atoms with Gasteiger partial charge in [0, 0.05) is 13.1 Å². The van der Waals surface area contributed by atoms with Crippen molar-refractivity contribution in [2.45, 2.75) is 19.4 Å². The van der Waals surface area contributed by atoms with E-state index in [1.165, 1.54) is 0 Å². The monoisotopic (exact) mass is 252 g/mol. The van der Waals surface area contributed by atoms with Gasteiger partial charge in [-0.2, -0.15) is 0 Å². The molecule has 6 nitrogen and oxygen atoms in total. The molecule has 0 saturated carbocycles. The van der Waals surface area contributed by atoms with Gasteiger partial charge >= 0.3 is 12.0 Å². The zero-order chi connectivity index (χ0) is 13.0. The highest BCUT2D eigenvalue weighted by molar-refractivity contribution is 5.76. The van der Waals surface area contributed by atoms with Crippen molar-refractivity contribution in [3.8, 4) is 0 Å². The molecule has 0 aromatic carbocycles. The number of likely N-dealkylation sites (tertiary alicyclic amines) is 1. The SMILES string of the molecule is O=C(O)C1CCCN(C(=O)NCc2ccco2)C1. The molecule has 2 amide bonds. The first-order valence-electron chi connectivity index (χ1n) is 5.95. The van der Waals surface area contributed by atoms with E-state index in [2.05, 4.69) is 5.32 Å². The first-order chi connectivity index (χ1) is 8.66. The number of carboxylic acids is 1. The maximum absolute atomic E-state index is 11.8. The van der Waals surface area contributed by atoms with Crippen LogP contribution in [0.15, 0.2) is 22.8 Å². The fraction of sp³-hybridized carbons (Fsp3) is 0.500. The van der Waals surface area contributed by atoms with E-state index in [0.717, 1.165) is 6.42 Å². The van der Waals surface area contributed by atoms with Crippen molar-refractivity contribution in [3.05, 3.63) is 24.2 Å². The largest absolute Gasteiger partial charge is 0.481 e. The standard InChI is InChI=1S/C12H16N2O4/c15-11(16)9-3-1-5-14(8-9)12(17)13-7-10-4-2-6-18-10/h2,4,6,9H,1,3,5,7-8H2,(H,13,17)(H,15,16). The van der Waals surface area contributed by atoms with Gasteiger partial charge in [0.1, 0.15) is 5.76 Å². The molecule has 1 unspecified atom stereocenters. The van der Waals surface area contributed by atoms with Gasteiger partial charge < -0.3 is 19.7 Å². The molecule has 2 heterocycles. The minimum atomic E-state index is -0.835. The zero-order valence-corrected chi connectivity index (χ0v) is 9.96. The molecule has 1 aromatic rings. The number of nitrogens with one attached hydrogen (secondary N) is 1. The first kappa shape index (κ1) is 12.5. The van der Waals surface area contributed by atoms with E-state index in [4.69, 9.17) is 9.52 Å². The highest BCUT2D eigenvalue weighted by Gasteiger charge is 2.27. The summed E-state index contributed by atoms with van der Waals surface area (Å²) in [6, 6.07) is 3.29. The molecule has 18 heavy (non-hydrogen) atoms. The molecule has 0 spiro atoms. The first-order valence-corrected chi connectivity index (χ1v) is 5.95. The number of carboxylic acid groups (broad SMARTS) is 1. The molecular formula is C12H16N2O4. The lowest BCUT2D eigenvalue weighted by Gasteiger charge is -2.30. The van der Waals surface area contributed by atoms with E-state index >= 15 is 0 Å². The minimum absolute atomic E-state index is 0.239. The third-order valence-electron chi connectivity index (χ3n) is 3.05. The van der Waals surface area contributed by atoms with Crippen molar-refractivity contribution in [1.29, 1.82) is 0 Å². The Morgan fingerprint density at radius 3 is 3.06 bits per heavy atom. The van der Waals surface area contributed by atoms with Crippen molar-refractivity contribution in [2.24, 2.45) is 5.92 Å². The Bertz CT molecular complexity index is 416. The van der Waals surface area contributed by atoms with Gasteiger partial charge in [-0.1, -0.05) is 0 Å². The molecule has 0 radical (unpaired) electrons. The zero-order valence-electron chi connectivity index (χ0n) is 9.96. The smallest absolute Gasteiger partial charge is 0.317 e. The van der Waals surface area contributed by atoms with Gasteiger partial charge in [-0.15, -0.1) is 0 Å². The molecule has 6 heteroatoms. The van der Waals surface area contributed by atoms with E-state index in [9.17, 15) is 9.59 Å². The molecule has 0 aliphatic carbocycles. The number of carbonyl (C=O) groups is 2. The summed E-state index contributed by atoms with van der Waals surface area (Å²) in [5, 5.41) is 11.7. The number of aliphatic carboxylic acids is 1. The van der Waals surface area contributed by atoms with Gasteiger partial charge in [0.2, 0.25) is 0 Å². The van der Waals surface area contributed by atoms with Crippen LogP contribution in [0.2, 0.25) is 0 Å². The number of urea groups is 1. The quantitative estimate of drug-likeness (QED) is 0.849. The summed E-state index contributed by atoms with van der Waals surface area (Å²) in [4.78, 5) is 24.3. The van der Waals surface area contributed by atoms with Gasteiger partial charge in [0.05, 0.1) is 18.7 Å². The minimum Gasteiger partial charge on any atom is -0.481 e. The maximum atomic E-state index is 11.8. The summed E-state index contributed by atoms with van der Waals surface area (Å²) in [5.74, 6) is -0.609. The van der Waals surface area contributed by atoms with Crippen molar-refractivity contribution >= 4 is 12.0 Å². The topological polar surface area (TPSA) is 82.8 Å². The summed E-state index contributed by atoms with van der Waals surface area (Å²) in [7, 11) is 0. The van der Waals surface area contributed by atoms with Crippen LogP contribution in [0.5, 0.6) is 0 Å². The van der Waals surface area contributed by atoms with Crippen molar-refractivity contribution < 1.29 is 19.1 Å². The average molecular weight is 252 g/mol. The number of rotatable bonds is 3. The molecule has 2 rings (SSSR count). The summed E-state index contributed by atoms with van der Waals surface area (Å²) in [5.41, 5.74) is 0. The van der Waals surface area contributed by atoms with Crippen LogP contribution in [0, 0.1) is 5.92 Å². The Balaban J connectivity index is 1.83. The summed E-state index contributed by atoms with van der Waals surface area (Å²) in [6.07, 6.45) is 2.91.